The molecule has 24 heavy (non-hydrogen) atoms. The molecule has 0 saturated carbocycles. The average Bonchev–Trinajstić information content (AvgIpc) is 2.96. The lowest BCUT2D eigenvalue weighted by Crippen LogP contribution is -2.31. The summed E-state index contributed by atoms with van der Waals surface area (Å²) in [5.74, 6) is -0.0710. The van der Waals surface area contributed by atoms with Crippen molar-refractivity contribution >= 4 is 16.8 Å². The first-order chi connectivity index (χ1) is 11.8. The lowest BCUT2D eigenvalue weighted by Gasteiger charge is -2.26. The van der Waals surface area contributed by atoms with Crippen molar-refractivity contribution in [2.24, 2.45) is 7.05 Å². The largest absolute Gasteiger partial charge is 0.351 e. The summed E-state index contributed by atoms with van der Waals surface area (Å²) in [6.45, 7) is 4.33. The van der Waals surface area contributed by atoms with Crippen LogP contribution < -0.4 is 5.32 Å². The molecule has 1 fully saturated rings. The zero-order valence-corrected chi connectivity index (χ0v) is 14.5. The van der Waals surface area contributed by atoms with Gasteiger partial charge in [0.05, 0.1) is 5.52 Å². The van der Waals surface area contributed by atoms with Gasteiger partial charge < -0.3 is 10.2 Å². The van der Waals surface area contributed by atoms with Crippen LogP contribution >= 0.6 is 0 Å². The number of carbonyl (C=O) groups is 1. The third-order valence-corrected chi connectivity index (χ3v) is 4.71. The highest BCUT2D eigenvalue weighted by molar-refractivity contribution is 6.04. The molecule has 2 heterocycles. The Morgan fingerprint density at radius 1 is 1.17 bits per heavy atom. The molecule has 1 saturated heterocycles. The molecule has 1 radical (unpaired) electrons. The molecule has 1 amide bonds. The highest BCUT2D eigenvalue weighted by atomic mass is 16.1. The lowest BCUT2D eigenvalue weighted by atomic mass is 10.1. The number of aromatic nitrogens is 2. The van der Waals surface area contributed by atoms with E-state index in [0.717, 1.165) is 30.3 Å². The minimum atomic E-state index is -0.0710. The number of rotatable bonds is 7. The van der Waals surface area contributed by atoms with Crippen LogP contribution in [0.4, 0.5) is 0 Å². The molecular weight excluding hydrogens is 300 g/mol. The molecule has 1 aromatic heterocycles. The van der Waals surface area contributed by atoms with Gasteiger partial charge >= 0.3 is 0 Å². The van der Waals surface area contributed by atoms with Gasteiger partial charge in [0.15, 0.2) is 5.69 Å². The number of carbonyl (C=O) groups excluding carboxylic acids is 1. The van der Waals surface area contributed by atoms with E-state index < -0.39 is 0 Å². The first-order valence-corrected chi connectivity index (χ1v) is 8.99. The molecule has 1 aliphatic rings. The van der Waals surface area contributed by atoms with E-state index in [-0.39, 0.29) is 5.91 Å². The van der Waals surface area contributed by atoms with Gasteiger partial charge in [-0.2, -0.15) is 5.10 Å². The second-order valence-corrected chi connectivity index (χ2v) is 6.51. The average molecular weight is 327 g/mol. The molecule has 5 nitrogen and oxygen atoms in total. The van der Waals surface area contributed by atoms with Crippen molar-refractivity contribution in [3.63, 3.8) is 0 Å². The van der Waals surface area contributed by atoms with Crippen LogP contribution in [0, 0.1) is 6.42 Å². The predicted molar refractivity (Wildman–Crippen MR) is 96.9 cm³/mol. The lowest BCUT2D eigenvalue weighted by molar-refractivity contribution is 0.0948. The van der Waals surface area contributed by atoms with E-state index in [4.69, 9.17) is 0 Å². The summed E-state index contributed by atoms with van der Waals surface area (Å²) in [5, 5.41) is 8.29. The Kier molecular flexibility index (Phi) is 5.86. The molecule has 0 unspecified atom stereocenters. The highest BCUT2D eigenvalue weighted by Crippen LogP contribution is 2.17. The van der Waals surface area contributed by atoms with Crippen molar-refractivity contribution in [3.05, 3.63) is 36.4 Å². The first kappa shape index (κ1) is 17.0. The summed E-state index contributed by atoms with van der Waals surface area (Å²) in [5.41, 5.74) is 1.51. The third-order valence-electron chi connectivity index (χ3n) is 4.71. The monoisotopic (exact) mass is 327 g/mol. The Morgan fingerprint density at radius 2 is 1.96 bits per heavy atom. The Balaban J connectivity index is 1.39. The number of unbranched alkanes of at least 4 members (excludes halogenated alkanes) is 2. The number of aryl methyl sites for hydroxylation is 1. The number of benzene rings is 1. The van der Waals surface area contributed by atoms with Crippen LogP contribution in [0.25, 0.3) is 10.9 Å². The zero-order valence-electron chi connectivity index (χ0n) is 14.5. The van der Waals surface area contributed by atoms with Gasteiger partial charge in [-0.3, -0.25) is 9.48 Å². The van der Waals surface area contributed by atoms with Crippen LogP contribution in [0.15, 0.2) is 24.3 Å². The summed E-state index contributed by atoms with van der Waals surface area (Å²) in [4.78, 5) is 14.9. The molecule has 129 valence electrons. The Hall–Kier alpha value is -1.88. The predicted octanol–water partition coefficient (Wildman–Crippen LogP) is 2.77. The van der Waals surface area contributed by atoms with Gasteiger partial charge in [-0.15, -0.1) is 0 Å². The fourth-order valence-corrected chi connectivity index (χ4v) is 3.33. The van der Waals surface area contributed by atoms with Crippen LogP contribution in [0.1, 0.15) is 42.6 Å². The molecule has 1 aliphatic heterocycles. The van der Waals surface area contributed by atoms with E-state index >= 15 is 0 Å². The number of hydrogen-bond donors (Lipinski definition) is 1. The van der Waals surface area contributed by atoms with E-state index in [0.29, 0.717) is 5.69 Å². The molecule has 0 aliphatic carbocycles. The number of amides is 1. The molecule has 2 aromatic rings. The minimum absolute atomic E-state index is 0.0710. The van der Waals surface area contributed by atoms with E-state index in [1.807, 2.05) is 31.3 Å². The van der Waals surface area contributed by atoms with Gasteiger partial charge in [0.1, 0.15) is 0 Å². The van der Waals surface area contributed by atoms with Crippen LogP contribution in [-0.2, 0) is 7.05 Å². The summed E-state index contributed by atoms with van der Waals surface area (Å²) in [7, 11) is 1.87. The number of hydrogen-bond acceptors (Lipinski definition) is 3. The molecule has 5 heteroatoms. The number of likely N-dealkylation sites (tertiary alicyclic amines) is 1. The Labute approximate surface area is 144 Å². The number of nitrogens with zero attached hydrogens (tertiary/aromatic N) is 3. The SMILES string of the molecule is Cn1nc(C(=O)NCCCCCN2CC[CH]CC2)c2ccccc21. The smallest absolute Gasteiger partial charge is 0.272 e. The van der Waals surface area contributed by atoms with Crippen molar-refractivity contribution in [2.75, 3.05) is 26.2 Å². The topological polar surface area (TPSA) is 50.2 Å². The number of nitrogens with one attached hydrogen (secondary N) is 1. The fraction of sp³-hybridized carbons (Fsp3) is 0.526. The van der Waals surface area contributed by atoms with Crippen LogP contribution in [0.5, 0.6) is 0 Å². The minimum Gasteiger partial charge on any atom is -0.351 e. The number of piperidine rings is 1. The van der Waals surface area contributed by atoms with E-state index in [2.05, 4.69) is 21.7 Å². The maximum atomic E-state index is 12.4. The second-order valence-electron chi connectivity index (χ2n) is 6.51. The maximum absolute atomic E-state index is 12.4. The van der Waals surface area contributed by atoms with Gasteiger partial charge in [-0.05, 0) is 57.8 Å². The van der Waals surface area contributed by atoms with E-state index in [9.17, 15) is 4.79 Å². The maximum Gasteiger partial charge on any atom is 0.272 e. The normalized spacial score (nSPS) is 15.7. The summed E-state index contributed by atoms with van der Waals surface area (Å²) >= 11 is 0. The van der Waals surface area contributed by atoms with Crippen LogP contribution in [0.2, 0.25) is 0 Å². The zero-order chi connectivity index (χ0) is 16.8. The summed E-state index contributed by atoms with van der Waals surface area (Å²) in [6, 6.07) is 7.84. The van der Waals surface area contributed by atoms with E-state index in [1.165, 1.54) is 38.9 Å². The van der Waals surface area contributed by atoms with Gasteiger partial charge in [-0.25, -0.2) is 0 Å². The first-order valence-electron chi connectivity index (χ1n) is 8.99. The van der Waals surface area contributed by atoms with Crippen molar-refractivity contribution in [2.45, 2.75) is 32.1 Å². The standard InChI is InChI=1S/C19H27N4O/c1-22-17-11-5-4-10-16(17)18(21-22)19(24)20-12-6-2-7-13-23-14-8-3-9-15-23/h3-5,10-11H,2,6-9,12-15H2,1H3,(H,20,24). The van der Waals surface area contributed by atoms with Crippen molar-refractivity contribution in [1.29, 1.82) is 0 Å². The van der Waals surface area contributed by atoms with Crippen molar-refractivity contribution < 1.29 is 4.79 Å². The molecule has 1 N–H and O–H groups in total. The Bertz CT molecular complexity index is 673. The van der Waals surface area contributed by atoms with Gasteiger partial charge in [0.2, 0.25) is 0 Å². The van der Waals surface area contributed by atoms with Crippen LogP contribution in [0.3, 0.4) is 0 Å². The molecular formula is C19H27N4O. The van der Waals surface area contributed by atoms with Crippen molar-refractivity contribution in [1.82, 2.24) is 20.0 Å². The Morgan fingerprint density at radius 3 is 2.79 bits per heavy atom. The summed E-state index contributed by atoms with van der Waals surface area (Å²) < 4.78 is 1.76. The second kappa shape index (κ2) is 8.29. The number of fused-ring (bicyclic) bond motifs is 1. The van der Waals surface area contributed by atoms with Gasteiger partial charge in [0.25, 0.3) is 5.91 Å². The van der Waals surface area contributed by atoms with Gasteiger partial charge in [0, 0.05) is 19.0 Å². The molecule has 0 spiro atoms. The third kappa shape index (κ3) is 4.15. The molecule has 0 bridgehead atoms. The number of para-hydroxylation sites is 1. The van der Waals surface area contributed by atoms with E-state index in [1.54, 1.807) is 4.68 Å². The summed E-state index contributed by atoms with van der Waals surface area (Å²) in [6.07, 6.45) is 8.23. The fourth-order valence-electron chi connectivity index (χ4n) is 3.33. The quantitative estimate of drug-likeness (QED) is 0.796. The molecule has 0 atom stereocenters. The highest BCUT2D eigenvalue weighted by Gasteiger charge is 2.15. The van der Waals surface area contributed by atoms with Crippen LogP contribution in [-0.4, -0.2) is 46.8 Å². The molecule has 3 rings (SSSR count). The van der Waals surface area contributed by atoms with Crippen molar-refractivity contribution in [3.8, 4) is 0 Å². The van der Waals surface area contributed by atoms with Gasteiger partial charge in [-0.1, -0.05) is 24.6 Å². The molecule has 1 aromatic carbocycles.